The first-order chi connectivity index (χ1) is 12.8. The maximum Gasteiger partial charge on any atom is 0.227 e. The maximum atomic E-state index is 12.7. The number of benzene rings is 1. The Bertz CT molecular complexity index is 883. The van der Waals surface area contributed by atoms with Gasteiger partial charge in [-0.1, -0.05) is 11.6 Å². The van der Waals surface area contributed by atoms with E-state index in [4.69, 9.17) is 16.3 Å². The number of carbonyl (C=O) groups is 2. The van der Waals surface area contributed by atoms with Crippen molar-refractivity contribution in [3.63, 3.8) is 0 Å². The lowest BCUT2D eigenvalue weighted by Gasteiger charge is -2.20. The van der Waals surface area contributed by atoms with Gasteiger partial charge in [0.2, 0.25) is 11.8 Å². The topological polar surface area (TPSA) is 71.5 Å². The zero-order valence-corrected chi connectivity index (χ0v) is 17.3. The van der Waals surface area contributed by atoms with E-state index in [-0.39, 0.29) is 24.3 Å². The lowest BCUT2D eigenvalue weighted by Crippen LogP contribution is -2.34. The number of aryl methyl sites for hydroxylation is 2. The van der Waals surface area contributed by atoms with Crippen molar-refractivity contribution < 1.29 is 14.3 Å². The largest absolute Gasteiger partial charge is 0.495 e. The molecular formula is C19H22ClN3O3S. The highest BCUT2D eigenvalue weighted by atomic mass is 35.5. The van der Waals surface area contributed by atoms with Crippen LogP contribution in [0, 0.1) is 19.8 Å². The molecule has 2 aromatic rings. The summed E-state index contributed by atoms with van der Waals surface area (Å²) in [6.45, 7) is 6.12. The summed E-state index contributed by atoms with van der Waals surface area (Å²) in [5.41, 5.74) is 1.52. The lowest BCUT2D eigenvalue weighted by atomic mass is 10.1. The van der Waals surface area contributed by atoms with Crippen LogP contribution in [0.1, 0.15) is 35.0 Å². The fourth-order valence-electron chi connectivity index (χ4n) is 3.34. The summed E-state index contributed by atoms with van der Waals surface area (Å²) in [5, 5.41) is 4.50. The summed E-state index contributed by atoms with van der Waals surface area (Å²) < 4.78 is 5.34. The Morgan fingerprint density at radius 3 is 2.81 bits per heavy atom. The number of anilines is 1. The Morgan fingerprint density at radius 1 is 1.44 bits per heavy atom. The van der Waals surface area contributed by atoms with Crippen LogP contribution in [0.15, 0.2) is 18.2 Å². The number of aromatic nitrogens is 1. The molecule has 2 atom stereocenters. The monoisotopic (exact) mass is 407 g/mol. The van der Waals surface area contributed by atoms with Gasteiger partial charge in [-0.3, -0.25) is 9.59 Å². The van der Waals surface area contributed by atoms with E-state index in [1.165, 1.54) is 0 Å². The molecule has 6 nitrogen and oxygen atoms in total. The molecule has 0 unspecified atom stereocenters. The predicted octanol–water partition coefficient (Wildman–Crippen LogP) is 3.65. The van der Waals surface area contributed by atoms with E-state index in [1.54, 1.807) is 41.5 Å². The number of hydrogen-bond acceptors (Lipinski definition) is 5. The second-order valence-corrected chi connectivity index (χ2v) is 8.31. The maximum absolute atomic E-state index is 12.7. The number of nitrogens with zero attached hydrogens (tertiary/aromatic N) is 2. The molecule has 1 aromatic carbocycles. The average Bonchev–Trinajstić information content (AvgIpc) is 3.16. The number of methoxy groups -OCH3 is 1. The van der Waals surface area contributed by atoms with Gasteiger partial charge in [0.1, 0.15) is 5.75 Å². The van der Waals surface area contributed by atoms with Crippen LogP contribution in [0.4, 0.5) is 5.69 Å². The van der Waals surface area contributed by atoms with E-state index in [0.29, 0.717) is 23.0 Å². The SMILES string of the molecule is COc1ccc(Cl)cc1N1C[C@H](C(=O)N[C@@H](C)c2sc(C)nc2C)CC1=O. The van der Waals surface area contributed by atoms with E-state index in [9.17, 15) is 9.59 Å². The third-order valence-electron chi connectivity index (χ3n) is 4.62. The normalized spacial score (nSPS) is 17.9. The highest BCUT2D eigenvalue weighted by molar-refractivity contribution is 7.11. The molecule has 0 aliphatic carbocycles. The van der Waals surface area contributed by atoms with E-state index >= 15 is 0 Å². The number of amides is 2. The van der Waals surface area contributed by atoms with Crippen LogP contribution < -0.4 is 15.0 Å². The molecule has 2 heterocycles. The third-order valence-corrected chi connectivity index (χ3v) is 6.11. The first-order valence-electron chi connectivity index (χ1n) is 8.68. The quantitative estimate of drug-likeness (QED) is 0.821. The van der Waals surface area contributed by atoms with Crippen molar-refractivity contribution in [3.05, 3.63) is 38.8 Å². The van der Waals surface area contributed by atoms with Gasteiger partial charge in [-0.05, 0) is 39.0 Å². The van der Waals surface area contributed by atoms with Crippen molar-refractivity contribution in [2.24, 2.45) is 5.92 Å². The molecule has 1 N–H and O–H groups in total. The molecule has 1 saturated heterocycles. The molecule has 144 valence electrons. The molecule has 27 heavy (non-hydrogen) atoms. The van der Waals surface area contributed by atoms with Gasteiger partial charge < -0.3 is 15.0 Å². The van der Waals surface area contributed by atoms with E-state index in [0.717, 1.165) is 15.6 Å². The first-order valence-corrected chi connectivity index (χ1v) is 9.87. The smallest absolute Gasteiger partial charge is 0.227 e. The van der Waals surface area contributed by atoms with Crippen molar-refractivity contribution in [3.8, 4) is 5.75 Å². The Balaban J connectivity index is 1.72. The minimum Gasteiger partial charge on any atom is -0.495 e. The standard InChI is InChI=1S/C19H22ClN3O3S/c1-10-18(27-12(3)21-10)11(2)22-19(25)13-7-17(24)23(9-13)15-8-14(20)5-6-16(15)26-4/h5-6,8,11,13H,7,9H2,1-4H3,(H,22,25)/t11-,13+/m0/s1. The molecule has 2 amide bonds. The van der Waals surface area contributed by atoms with Crippen LogP contribution in [0.3, 0.4) is 0 Å². The second kappa shape index (κ2) is 7.86. The molecule has 3 rings (SSSR count). The van der Waals surface area contributed by atoms with Crippen LogP contribution in [0.5, 0.6) is 5.75 Å². The average molecular weight is 408 g/mol. The van der Waals surface area contributed by atoms with E-state index in [2.05, 4.69) is 10.3 Å². The molecule has 0 radical (unpaired) electrons. The molecule has 1 aromatic heterocycles. The Morgan fingerprint density at radius 2 is 2.19 bits per heavy atom. The highest BCUT2D eigenvalue weighted by Crippen LogP contribution is 2.35. The van der Waals surface area contributed by atoms with Crippen LogP contribution in [0.25, 0.3) is 0 Å². The van der Waals surface area contributed by atoms with Gasteiger partial charge >= 0.3 is 0 Å². The molecule has 1 fully saturated rings. The highest BCUT2D eigenvalue weighted by Gasteiger charge is 2.37. The zero-order chi connectivity index (χ0) is 19.7. The number of carbonyl (C=O) groups excluding carboxylic acids is 2. The summed E-state index contributed by atoms with van der Waals surface area (Å²) in [6.07, 6.45) is 0.162. The number of rotatable bonds is 5. The van der Waals surface area contributed by atoms with Crippen molar-refractivity contribution in [2.45, 2.75) is 33.2 Å². The number of nitrogens with one attached hydrogen (secondary N) is 1. The van der Waals surface area contributed by atoms with E-state index in [1.807, 2.05) is 20.8 Å². The summed E-state index contributed by atoms with van der Waals surface area (Å²) >= 11 is 7.65. The van der Waals surface area contributed by atoms with Gasteiger partial charge in [0.15, 0.2) is 0 Å². The van der Waals surface area contributed by atoms with Gasteiger partial charge in [-0.2, -0.15) is 0 Å². The Kier molecular flexibility index (Phi) is 5.72. The summed E-state index contributed by atoms with van der Waals surface area (Å²) in [6, 6.07) is 4.96. The van der Waals surface area contributed by atoms with E-state index < -0.39 is 5.92 Å². The Labute approximate surface area is 167 Å². The lowest BCUT2D eigenvalue weighted by molar-refractivity contribution is -0.126. The van der Waals surface area contributed by atoms with Gasteiger partial charge in [-0.25, -0.2) is 4.98 Å². The van der Waals surface area contributed by atoms with Gasteiger partial charge in [0.25, 0.3) is 0 Å². The molecular weight excluding hydrogens is 386 g/mol. The predicted molar refractivity (Wildman–Crippen MR) is 107 cm³/mol. The minimum absolute atomic E-state index is 0.117. The van der Waals surface area contributed by atoms with Crippen LogP contribution in [-0.2, 0) is 9.59 Å². The molecule has 8 heteroatoms. The van der Waals surface area contributed by atoms with Crippen LogP contribution in [0.2, 0.25) is 5.02 Å². The third kappa shape index (κ3) is 4.09. The number of ether oxygens (including phenoxy) is 1. The van der Waals surface area contributed by atoms with Crippen molar-refractivity contribution in [1.29, 1.82) is 0 Å². The molecule has 1 aliphatic rings. The Hall–Kier alpha value is -2.12. The van der Waals surface area contributed by atoms with Gasteiger partial charge in [0.05, 0.1) is 35.5 Å². The minimum atomic E-state index is -0.419. The number of halogens is 1. The molecule has 0 saturated carbocycles. The fourth-order valence-corrected chi connectivity index (χ4v) is 4.43. The molecule has 1 aliphatic heterocycles. The number of hydrogen-bond donors (Lipinski definition) is 1. The summed E-state index contributed by atoms with van der Waals surface area (Å²) in [7, 11) is 1.54. The van der Waals surface area contributed by atoms with Crippen molar-refractivity contribution >= 4 is 40.4 Å². The first kappa shape index (κ1) is 19.6. The van der Waals surface area contributed by atoms with Crippen molar-refractivity contribution in [1.82, 2.24) is 10.3 Å². The summed E-state index contributed by atoms with van der Waals surface area (Å²) in [5.74, 6) is -0.117. The van der Waals surface area contributed by atoms with Crippen LogP contribution >= 0.6 is 22.9 Å². The van der Waals surface area contributed by atoms with Crippen LogP contribution in [-0.4, -0.2) is 30.5 Å². The van der Waals surface area contributed by atoms with Gasteiger partial charge in [-0.15, -0.1) is 11.3 Å². The molecule has 0 spiro atoms. The summed E-state index contributed by atoms with van der Waals surface area (Å²) in [4.78, 5) is 32.3. The number of thiazole rings is 1. The van der Waals surface area contributed by atoms with Crippen molar-refractivity contribution in [2.75, 3.05) is 18.6 Å². The van der Waals surface area contributed by atoms with Gasteiger partial charge in [0, 0.05) is 22.9 Å². The molecule has 0 bridgehead atoms. The second-order valence-electron chi connectivity index (χ2n) is 6.63. The zero-order valence-electron chi connectivity index (χ0n) is 15.7. The fraction of sp³-hybridized carbons (Fsp3) is 0.421.